The number of nitriles is 1. The zero-order valence-electron chi connectivity index (χ0n) is 12.9. The summed E-state index contributed by atoms with van der Waals surface area (Å²) >= 11 is 1.33. The largest absolute Gasteiger partial charge is 0.355 e. The highest BCUT2D eigenvalue weighted by Gasteiger charge is 2.22. The van der Waals surface area contributed by atoms with E-state index >= 15 is 0 Å². The molecule has 0 aliphatic rings. The Morgan fingerprint density at radius 2 is 1.92 bits per heavy atom. The Hall–Kier alpha value is -2.63. The molecule has 1 aromatic carbocycles. The van der Waals surface area contributed by atoms with Gasteiger partial charge in [-0.3, -0.25) is 4.72 Å². The Balaban J connectivity index is 1.92. The zero-order valence-corrected chi connectivity index (χ0v) is 14.5. The van der Waals surface area contributed by atoms with E-state index in [9.17, 15) is 8.42 Å². The lowest BCUT2D eigenvalue weighted by Crippen LogP contribution is -2.13. The van der Waals surface area contributed by atoms with Crippen LogP contribution < -0.4 is 4.72 Å². The molecule has 0 radical (unpaired) electrons. The van der Waals surface area contributed by atoms with Gasteiger partial charge in [-0.1, -0.05) is 5.16 Å². The number of nitrogens with one attached hydrogen (secondary N) is 1. The van der Waals surface area contributed by atoms with E-state index in [2.05, 4.69) is 9.88 Å². The number of hydrogen-bond donors (Lipinski definition) is 1. The fraction of sp³-hybridized carbons (Fsp3) is 0.125. The molecule has 122 valence electrons. The van der Waals surface area contributed by atoms with Crippen LogP contribution >= 0.6 is 11.3 Å². The maximum Gasteiger partial charge on any atom is 0.263 e. The van der Waals surface area contributed by atoms with Crippen molar-refractivity contribution in [2.45, 2.75) is 18.7 Å². The van der Waals surface area contributed by atoms with Crippen molar-refractivity contribution in [2.24, 2.45) is 0 Å². The third kappa shape index (κ3) is 3.18. The van der Waals surface area contributed by atoms with Crippen molar-refractivity contribution in [1.29, 1.82) is 5.26 Å². The number of benzene rings is 1. The molecule has 8 heteroatoms. The number of rotatable bonds is 4. The van der Waals surface area contributed by atoms with Crippen molar-refractivity contribution < 1.29 is 12.9 Å². The lowest BCUT2D eigenvalue weighted by atomic mass is 10.2. The first-order valence-corrected chi connectivity index (χ1v) is 9.26. The molecule has 0 amide bonds. The molecule has 0 bridgehead atoms. The average Bonchev–Trinajstić information content (AvgIpc) is 3.14. The van der Waals surface area contributed by atoms with E-state index in [1.165, 1.54) is 11.3 Å². The third-order valence-corrected chi connectivity index (χ3v) is 6.00. The van der Waals surface area contributed by atoms with Crippen LogP contribution in [0.1, 0.15) is 16.1 Å². The highest BCUT2D eigenvalue weighted by atomic mass is 32.2. The number of nitrogens with zero attached hydrogens (tertiary/aromatic N) is 2. The summed E-state index contributed by atoms with van der Waals surface area (Å²) in [6.07, 6.45) is 0. The zero-order chi connectivity index (χ0) is 17.3. The van der Waals surface area contributed by atoms with E-state index in [0.29, 0.717) is 26.8 Å². The topological polar surface area (TPSA) is 96.0 Å². The lowest BCUT2D eigenvalue weighted by Gasteiger charge is -2.07. The molecule has 2 heterocycles. The van der Waals surface area contributed by atoms with Gasteiger partial charge in [-0.05, 0) is 44.2 Å². The second-order valence-corrected chi connectivity index (χ2v) is 8.07. The van der Waals surface area contributed by atoms with Gasteiger partial charge >= 0.3 is 0 Å². The van der Waals surface area contributed by atoms with E-state index in [1.807, 2.05) is 6.07 Å². The predicted molar refractivity (Wildman–Crippen MR) is 91.3 cm³/mol. The summed E-state index contributed by atoms with van der Waals surface area (Å²) in [5, 5.41) is 12.6. The molecular weight excluding hydrogens is 346 g/mol. The van der Waals surface area contributed by atoms with E-state index < -0.39 is 10.0 Å². The van der Waals surface area contributed by atoms with Crippen molar-refractivity contribution in [3.63, 3.8) is 0 Å². The molecule has 6 nitrogen and oxygen atoms in total. The van der Waals surface area contributed by atoms with Crippen molar-refractivity contribution in [3.05, 3.63) is 52.5 Å². The summed E-state index contributed by atoms with van der Waals surface area (Å²) in [5.74, 6) is 0.542. The number of sulfonamides is 1. The molecule has 0 atom stereocenters. The van der Waals surface area contributed by atoms with E-state index in [1.54, 1.807) is 50.2 Å². The summed E-state index contributed by atoms with van der Waals surface area (Å²) in [5.41, 5.74) is 1.60. The van der Waals surface area contributed by atoms with Gasteiger partial charge < -0.3 is 4.52 Å². The molecular formula is C16H13N3O3S2. The summed E-state index contributed by atoms with van der Waals surface area (Å²) in [6.45, 7) is 3.54. The molecule has 0 aliphatic heterocycles. The summed E-state index contributed by atoms with van der Waals surface area (Å²) in [6, 6.07) is 11.5. The molecule has 0 saturated carbocycles. The van der Waals surface area contributed by atoms with Gasteiger partial charge in [-0.15, -0.1) is 11.3 Å². The Labute approximate surface area is 143 Å². The van der Waals surface area contributed by atoms with E-state index in [4.69, 9.17) is 9.78 Å². The van der Waals surface area contributed by atoms with Crippen LogP contribution in [0.15, 0.2) is 45.8 Å². The molecule has 2 aromatic heterocycles. The molecule has 24 heavy (non-hydrogen) atoms. The van der Waals surface area contributed by atoms with Gasteiger partial charge in [0.2, 0.25) is 0 Å². The first kappa shape index (κ1) is 16.2. The molecule has 0 aliphatic carbocycles. The van der Waals surface area contributed by atoms with Gasteiger partial charge in [0.05, 0.1) is 22.2 Å². The van der Waals surface area contributed by atoms with Crippen molar-refractivity contribution >= 4 is 27.0 Å². The fourth-order valence-corrected chi connectivity index (χ4v) is 4.76. The summed E-state index contributed by atoms with van der Waals surface area (Å²) in [7, 11) is -3.73. The minimum Gasteiger partial charge on any atom is -0.355 e. The van der Waals surface area contributed by atoms with E-state index in [0.717, 1.165) is 5.69 Å². The standard InChI is InChI=1S/C16H13N3O3S2/c1-10-7-14(22-18-10)15-8-16(11(2)23-15)24(20,21)19-13-5-3-12(9-17)4-6-13/h3-8,19H,1-2H3. The molecule has 3 rings (SSSR count). The Kier molecular flexibility index (Phi) is 4.13. The molecule has 0 saturated heterocycles. The fourth-order valence-electron chi connectivity index (χ4n) is 2.16. The maximum atomic E-state index is 12.6. The van der Waals surface area contributed by atoms with Gasteiger partial charge in [0.15, 0.2) is 5.76 Å². The summed E-state index contributed by atoms with van der Waals surface area (Å²) < 4.78 is 32.9. The SMILES string of the molecule is Cc1cc(-c2cc(S(=O)(=O)Nc3ccc(C#N)cc3)c(C)s2)on1. The molecule has 3 aromatic rings. The van der Waals surface area contributed by atoms with Crippen LogP contribution in [0.2, 0.25) is 0 Å². The number of thiophene rings is 1. The highest BCUT2D eigenvalue weighted by molar-refractivity contribution is 7.93. The predicted octanol–water partition coefficient (Wildman–Crippen LogP) is 3.69. The first-order valence-electron chi connectivity index (χ1n) is 6.96. The first-order chi connectivity index (χ1) is 11.4. The number of aryl methyl sites for hydroxylation is 2. The summed E-state index contributed by atoms with van der Waals surface area (Å²) in [4.78, 5) is 1.55. The Bertz CT molecular complexity index is 1030. The van der Waals surface area contributed by atoms with Gasteiger partial charge in [0.1, 0.15) is 4.90 Å². The number of anilines is 1. The number of hydrogen-bond acceptors (Lipinski definition) is 6. The van der Waals surface area contributed by atoms with Crippen LogP contribution in [-0.2, 0) is 10.0 Å². The molecule has 0 spiro atoms. The van der Waals surface area contributed by atoms with Crippen LogP contribution in [0.3, 0.4) is 0 Å². The van der Waals surface area contributed by atoms with Crippen LogP contribution in [0, 0.1) is 25.2 Å². The maximum absolute atomic E-state index is 12.6. The molecule has 1 N–H and O–H groups in total. The molecule has 0 unspecified atom stereocenters. The normalized spacial score (nSPS) is 11.2. The van der Waals surface area contributed by atoms with E-state index in [-0.39, 0.29) is 4.90 Å². The average molecular weight is 359 g/mol. The molecule has 0 fully saturated rings. The van der Waals surface area contributed by atoms with Crippen molar-refractivity contribution in [3.8, 4) is 16.7 Å². The minimum absolute atomic E-state index is 0.195. The van der Waals surface area contributed by atoms with Crippen molar-refractivity contribution in [2.75, 3.05) is 4.72 Å². The highest BCUT2D eigenvalue weighted by Crippen LogP contribution is 2.34. The second kappa shape index (κ2) is 6.11. The third-order valence-electron chi connectivity index (χ3n) is 3.30. The van der Waals surface area contributed by atoms with Crippen LogP contribution in [0.25, 0.3) is 10.6 Å². The van der Waals surface area contributed by atoms with Gasteiger partial charge in [-0.2, -0.15) is 5.26 Å². The monoisotopic (exact) mass is 359 g/mol. The minimum atomic E-state index is -3.73. The lowest BCUT2D eigenvalue weighted by molar-refractivity contribution is 0.428. The Morgan fingerprint density at radius 3 is 2.50 bits per heavy atom. The smallest absolute Gasteiger partial charge is 0.263 e. The van der Waals surface area contributed by atoms with Crippen LogP contribution in [-0.4, -0.2) is 13.6 Å². The van der Waals surface area contributed by atoms with Gasteiger partial charge in [-0.25, -0.2) is 8.42 Å². The van der Waals surface area contributed by atoms with Gasteiger partial charge in [0.25, 0.3) is 10.0 Å². The number of aromatic nitrogens is 1. The Morgan fingerprint density at radius 1 is 1.21 bits per heavy atom. The van der Waals surface area contributed by atoms with Crippen LogP contribution in [0.5, 0.6) is 0 Å². The van der Waals surface area contributed by atoms with Gasteiger partial charge in [0, 0.05) is 16.6 Å². The van der Waals surface area contributed by atoms with Crippen molar-refractivity contribution in [1.82, 2.24) is 5.16 Å². The van der Waals surface area contributed by atoms with Crippen LogP contribution in [0.4, 0.5) is 5.69 Å². The second-order valence-electron chi connectivity index (χ2n) is 5.16. The quantitative estimate of drug-likeness (QED) is 0.766.